The molecular formula is C24H27N5. The van der Waals surface area contributed by atoms with Gasteiger partial charge in [0.1, 0.15) is 5.82 Å². The van der Waals surface area contributed by atoms with Gasteiger partial charge in [0.2, 0.25) is 0 Å². The summed E-state index contributed by atoms with van der Waals surface area (Å²) in [6, 6.07) is 14.9. The van der Waals surface area contributed by atoms with E-state index in [1.165, 1.54) is 22.3 Å². The molecule has 1 saturated heterocycles. The topological polar surface area (TPSA) is 60.6 Å². The van der Waals surface area contributed by atoms with Crippen LogP contribution in [0.4, 0.5) is 0 Å². The summed E-state index contributed by atoms with van der Waals surface area (Å²) >= 11 is 0. The predicted octanol–water partition coefficient (Wildman–Crippen LogP) is 4.95. The molecule has 0 atom stereocenters. The van der Waals surface area contributed by atoms with Crippen molar-refractivity contribution in [1.29, 1.82) is 0 Å². The molecule has 148 valence electrons. The Balaban J connectivity index is 1.27. The quantitative estimate of drug-likeness (QED) is 0.522. The summed E-state index contributed by atoms with van der Waals surface area (Å²) in [7, 11) is 0. The van der Waals surface area contributed by atoms with E-state index in [1.807, 2.05) is 12.3 Å². The first-order valence-electron chi connectivity index (χ1n) is 10.4. The van der Waals surface area contributed by atoms with Crippen molar-refractivity contribution >= 4 is 11.0 Å². The number of aryl methyl sites for hydroxylation is 2. The lowest BCUT2D eigenvalue weighted by Crippen LogP contribution is -2.32. The van der Waals surface area contributed by atoms with Gasteiger partial charge < -0.3 is 4.98 Å². The van der Waals surface area contributed by atoms with Crippen LogP contribution in [0.3, 0.4) is 0 Å². The van der Waals surface area contributed by atoms with Gasteiger partial charge in [-0.3, -0.25) is 10.00 Å². The highest BCUT2D eigenvalue weighted by Crippen LogP contribution is 2.30. The van der Waals surface area contributed by atoms with Crippen LogP contribution in [0.15, 0.2) is 48.7 Å². The average molecular weight is 386 g/mol. The number of nitrogens with zero attached hydrogens (tertiary/aromatic N) is 3. The van der Waals surface area contributed by atoms with Crippen LogP contribution < -0.4 is 0 Å². The molecule has 3 heterocycles. The normalized spacial score (nSPS) is 15.9. The molecule has 0 unspecified atom stereocenters. The Morgan fingerprint density at radius 2 is 1.86 bits per heavy atom. The minimum atomic E-state index is 0.516. The van der Waals surface area contributed by atoms with Crippen LogP contribution in [0, 0.1) is 13.8 Å². The lowest BCUT2D eigenvalue weighted by atomic mass is 9.95. The zero-order valence-corrected chi connectivity index (χ0v) is 17.1. The number of hydrogen-bond donors (Lipinski definition) is 2. The highest BCUT2D eigenvalue weighted by atomic mass is 15.2. The van der Waals surface area contributed by atoms with E-state index in [4.69, 9.17) is 4.98 Å². The number of imidazole rings is 1. The largest absolute Gasteiger partial charge is 0.342 e. The molecule has 2 aromatic heterocycles. The van der Waals surface area contributed by atoms with Gasteiger partial charge in [-0.1, -0.05) is 24.3 Å². The Morgan fingerprint density at radius 3 is 2.66 bits per heavy atom. The van der Waals surface area contributed by atoms with Gasteiger partial charge in [-0.2, -0.15) is 5.10 Å². The number of benzene rings is 2. The molecular weight excluding hydrogens is 358 g/mol. The fourth-order valence-electron chi connectivity index (χ4n) is 4.35. The molecule has 0 bridgehead atoms. The Hall–Kier alpha value is -2.92. The van der Waals surface area contributed by atoms with E-state index in [9.17, 15) is 0 Å². The van der Waals surface area contributed by atoms with Gasteiger partial charge in [0, 0.05) is 23.6 Å². The number of fused-ring (bicyclic) bond motifs is 1. The highest BCUT2D eigenvalue weighted by Gasteiger charge is 2.24. The number of nitrogens with one attached hydrogen (secondary N) is 2. The molecule has 4 aromatic rings. The van der Waals surface area contributed by atoms with Crippen molar-refractivity contribution in [2.75, 3.05) is 13.1 Å². The molecule has 1 aliphatic rings. The SMILES string of the molecule is Cc1ccc(-c2[nH]ncc2CN2CCC(c3nc4ccccc4[nH]3)CC2)cc1C. The van der Waals surface area contributed by atoms with E-state index in [2.05, 4.69) is 70.3 Å². The van der Waals surface area contributed by atoms with Crippen LogP contribution in [0.2, 0.25) is 0 Å². The lowest BCUT2D eigenvalue weighted by molar-refractivity contribution is 0.202. The molecule has 0 amide bonds. The van der Waals surface area contributed by atoms with Crippen LogP contribution >= 0.6 is 0 Å². The zero-order valence-electron chi connectivity index (χ0n) is 17.1. The number of likely N-dealkylation sites (tertiary alicyclic amines) is 1. The minimum Gasteiger partial charge on any atom is -0.342 e. The van der Waals surface area contributed by atoms with E-state index in [0.717, 1.165) is 55.0 Å². The van der Waals surface area contributed by atoms with Gasteiger partial charge >= 0.3 is 0 Å². The average Bonchev–Trinajstić information content (AvgIpc) is 3.37. The second-order valence-electron chi connectivity index (χ2n) is 8.26. The van der Waals surface area contributed by atoms with E-state index in [0.29, 0.717) is 5.92 Å². The van der Waals surface area contributed by atoms with Gasteiger partial charge in [0.15, 0.2) is 0 Å². The monoisotopic (exact) mass is 385 g/mol. The Kier molecular flexibility index (Phi) is 4.68. The van der Waals surface area contributed by atoms with Gasteiger partial charge in [0.05, 0.1) is 22.9 Å². The minimum absolute atomic E-state index is 0.516. The van der Waals surface area contributed by atoms with Crippen LogP contribution in [0.25, 0.3) is 22.3 Å². The molecule has 5 heteroatoms. The van der Waals surface area contributed by atoms with E-state index >= 15 is 0 Å². The fraction of sp³-hybridized carbons (Fsp3) is 0.333. The Bertz CT molecular complexity index is 1100. The Labute approximate surface area is 171 Å². The third kappa shape index (κ3) is 3.58. The molecule has 29 heavy (non-hydrogen) atoms. The summed E-state index contributed by atoms with van der Waals surface area (Å²) in [4.78, 5) is 10.9. The number of hydrogen-bond acceptors (Lipinski definition) is 3. The van der Waals surface area contributed by atoms with Crippen molar-refractivity contribution < 1.29 is 0 Å². The molecule has 0 saturated carbocycles. The highest BCUT2D eigenvalue weighted by molar-refractivity contribution is 5.74. The second kappa shape index (κ2) is 7.48. The van der Waals surface area contributed by atoms with Crippen molar-refractivity contribution in [3.63, 3.8) is 0 Å². The molecule has 2 aromatic carbocycles. The predicted molar refractivity (Wildman–Crippen MR) is 117 cm³/mol. The molecule has 0 aliphatic carbocycles. The molecule has 5 nitrogen and oxygen atoms in total. The van der Waals surface area contributed by atoms with Crippen LogP contribution in [0.1, 0.15) is 41.3 Å². The van der Waals surface area contributed by atoms with Crippen molar-refractivity contribution in [3.8, 4) is 11.3 Å². The van der Waals surface area contributed by atoms with Crippen LogP contribution in [0.5, 0.6) is 0 Å². The zero-order chi connectivity index (χ0) is 19.8. The summed E-state index contributed by atoms with van der Waals surface area (Å²) in [5, 5.41) is 7.55. The summed E-state index contributed by atoms with van der Waals surface area (Å²) < 4.78 is 0. The first-order valence-corrected chi connectivity index (χ1v) is 10.4. The van der Waals surface area contributed by atoms with Crippen LogP contribution in [-0.2, 0) is 6.54 Å². The number of H-pyrrole nitrogens is 2. The molecule has 1 fully saturated rings. The summed E-state index contributed by atoms with van der Waals surface area (Å²) in [6.07, 6.45) is 4.25. The summed E-state index contributed by atoms with van der Waals surface area (Å²) in [5.74, 6) is 1.66. The van der Waals surface area contributed by atoms with Crippen molar-refractivity contribution in [3.05, 3.63) is 71.2 Å². The van der Waals surface area contributed by atoms with Crippen molar-refractivity contribution in [1.82, 2.24) is 25.1 Å². The summed E-state index contributed by atoms with van der Waals surface area (Å²) in [6.45, 7) is 7.42. The van der Waals surface area contributed by atoms with Gasteiger partial charge in [-0.05, 0) is 69.1 Å². The molecule has 5 rings (SSSR count). The van der Waals surface area contributed by atoms with Crippen LogP contribution in [-0.4, -0.2) is 38.2 Å². The maximum atomic E-state index is 4.82. The maximum absolute atomic E-state index is 4.82. The van der Waals surface area contributed by atoms with E-state index in [-0.39, 0.29) is 0 Å². The molecule has 0 radical (unpaired) electrons. The smallest absolute Gasteiger partial charge is 0.110 e. The number of aromatic amines is 2. The number of rotatable bonds is 4. The molecule has 0 spiro atoms. The second-order valence-corrected chi connectivity index (χ2v) is 8.26. The van der Waals surface area contributed by atoms with E-state index in [1.54, 1.807) is 0 Å². The van der Waals surface area contributed by atoms with Crippen molar-refractivity contribution in [2.24, 2.45) is 0 Å². The third-order valence-corrected chi connectivity index (χ3v) is 6.29. The van der Waals surface area contributed by atoms with Gasteiger partial charge in [-0.25, -0.2) is 4.98 Å². The molecule has 1 aliphatic heterocycles. The Morgan fingerprint density at radius 1 is 1.03 bits per heavy atom. The third-order valence-electron chi connectivity index (χ3n) is 6.29. The number of aromatic nitrogens is 4. The fourth-order valence-corrected chi connectivity index (χ4v) is 4.35. The first-order chi connectivity index (χ1) is 14.2. The number of piperidine rings is 1. The first kappa shape index (κ1) is 18.1. The number of para-hydroxylation sites is 2. The standard InChI is InChI=1S/C24H27N5/c1-16-7-8-19(13-17(16)2)23-20(14-25-28-23)15-29-11-9-18(10-12-29)24-26-21-5-3-4-6-22(21)27-24/h3-8,13-14,18H,9-12,15H2,1-2H3,(H,25,28)(H,26,27). The summed E-state index contributed by atoms with van der Waals surface area (Å²) in [5.41, 5.74) is 8.49. The van der Waals surface area contributed by atoms with Gasteiger partial charge in [-0.15, -0.1) is 0 Å². The van der Waals surface area contributed by atoms with E-state index < -0.39 is 0 Å². The van der Waals surface area contributed by atoms with Gasteiger partial charge in [0.25, 0.3) is 0 Å². The maximum Gasteiger partial charge on any atom is 0.110 e. The molecule has 2 N–H and O–H groups in total. The van der Waals surface area contributed by atoms with Crippen molar-refractivity contribution in [2.45, 2.75) is 39.2 Å². The lowest BCUT2D eigenvalue weighted by Gasteiger charge is -2.31.